The summed E-state index contributed by atoms with van der Waals surface area (Å²) in [5, 5.41) is 10.9. The Morgan fingerprint density at radius 3 is 1.78 bits per heavy atom. The number of hydrogen-bond donors (Lipinski definition) is 0. The third-order valence-electron chi connectivity index (χ3n) is 7.73. The second kappa shape index (κ2) is 16.3. The number of aromatic nitrogens is 2. The summed E-state index contributed by atoms with van der Waals surface area (Å²) in [6.45, 7) is 13.3. The molecule has 0 spiro atoms. The normalized spacial score (nSPS) is 11.4. The van der Waals surface area contributed by atoms with E-state index in [1.165, 1.54) is 43.5 Å². The molecule has 0 amide bonds. The summed E-state index contributed by atoms with van der Waals surface area (Å²) < 4.78 is 6.10. The third kappa shape index (κ3) is 9.11. The van der Waals surface area contributed by atoms with E-state index in [-0.39, 0.29) is 5.69 Å². The van der Waals surface area contributed by atoms with Gasteiger partial charge in [0.05, 0.1) is 28.6 Å². The highest BCUT2D eigenvalue weighted by Crippen LogP contribution is 2.31. The smallest absolute Gasteiger partial charge is 0.269 e. The van der Waals surface area contributed by atoms with Crippen LogP contribution in [0.25, 0.3) is 35.4 Å². The maximum Gasteiger partial charge on any atom is 0.269 e. The topological polar surface area (TPSA) is 81.4 Å². The minimum Gasteiger partial charge on any atom is -0.492 e. The number of nitro groups is 1. The van der Waals surface area contributed by atoms with Crippen molar-refractivity contribution in [1.82, 2.24) is 9.97 Å². The molecule has 0 bridgehead atoms. The fourth-order valence-corrected chi connectivity index (χ4v) is 5.11. The molecule has 2 aromatic heterocycles. The molecule has 7 heteroatoms. The van der Waals surface area contributed by atoms with Crippen molar-refractivity contribution in [3.05, 3.63) is 111 Å². The Kier molecular flexibility index (Phi) is 12.0. The summed E-state index contributed by atoms with van der Waals surface area (Å²) in [5.41, 5.74) is 9.08. The summed E-state index contributed by atoms with van der Waals surface area (Å²) in [7, 11) is 0. The first-order chi connectivity index (χ1) is 21.8. The van der Waals surface area contributed by atoms with Crippen LogP contribution in [0, 0.1) is 24.0 Å². The molecule has 2 aromatic carbocycles. The molecule has 0 aliphatic heterocycles. The number of aryl methyl sites for hydroxylation is 2. The van der Waals surface area contributed by atoms with Gasteiger partial charge in [0.1, 0.15) is 5.75 Å². The molecule has 0 aliphatic rings. The number of unbranched alkanes of at least 4 members (excludes halogenated alkanes) is 2. The SMILES string of the molecule is CCCCN(CCCC)c1ccc(/C=C/c2ncc(-c3cnc(/C=C/c4ccc([N+](=O)[O-])cc4)c(C)c3)cc2C)cc1OCC. The number of benzene rings is 2. The van der Waals surface area contributed by atoms with Crippen molar-refractivity contribution in [2.45, 2.75) is 60.3 Å². The van der Waals surface area contributed by atoms with Crippen LogP contribution in [0.5, 0.6) is 5.75 Å². The van der Waals surface area contributed by atoms with Crippen LogP contribution in [-0.2, 0) is 0 Å². The molecule has 0 unspecified atom stereocenters. The second-order valence-corrected chi connectivity index (χ2v) is 11.2. The molecule has 0 atom stereocenters. The van der Waals surface area contributed by atoms with E-state index >= 15 is 0 Å². The quantitative estimate of drug-likeness (QED) is 0.0992. The van der Waals surface area contributed by atoms with Crippen LogP contribution in [0.4, 0.5) is 11.4 Å². The molecular formula is C38H44N4O3. The highest BCUT2D eigenvalue weighted by Gasteiger charge is 2.13. The number of ether oxygens (including phenoxy) is 1. The number of non-ortho nitro benzene ring substituents is 1. The summed E-state index contributed by atoms with van der Waals surface area (Å²) >= 11 is 0. The lowest BCUT2D eigenvalue weighted by Gasteiger charge is -2.27. The van der Waals surface area contributed by atoms with E-state index in [2.05, 4.69) is 73.1 Å². The lowest BCUT2D eigenvalue weighted by Crippen LogP contribution is -2.26. The van der Waals surface area contributed by atoms with E-state index in [4.69, 9.17) is 9.72 Å². The fraction of sp³-hybridized carbons (Fsp3) is 0.316. The zero-order chi connectivity index (χ0) is 32.2. The van der Waals surface area contributed by atoms with Crippen molar-refractivity contribution in [1.29, 1.82) is 0 Å². The molecule has 4 aromatic rings. The molecule has 0 radical (unpaired) electrons. The molecule has 2 heterocycles. The van der Waals surface area contributed by atoms with Crippen LogP contribution in [0.15, 0.2) is 67.0 Å². The Balaban J connectivity index is 1.49. The molecule has 45 heavy (non-hydrogen) atoms. The van der Waals surface area contributed by atoms with Gasteiger partial charge < -0.3 is 9.64 Å². The van der Waals surface area contributed by atoms with E-state index in [1.807, 2.05) is 38.4 Å². The third-order valence-corrected chi connectivity index (χ3v) is 7.73. The van der Waals surface area contributed by atoms with Gasteiger partial charge in [-0.2, -0.15) is 0 Å². The molecule has 0 saturated carbocycles. The average molecular weight is 605 g/mol. The first-order valence-electron chi connectivity index (χ1n) is 15.9. The van der Waals surface area contributed by atoms with Gasteiger partial charge in [-0.1, -0.05) is 44.9 Å². The Bertz CT molecular complexity index is 1640. The van der Waals surface area contributed by atoms with Crippen molar-refractivity contribution in [3.63, 3.8) is 0 Å². The van der Waals surface area contributed by atoms with Gasteiger partial charge >= 0.3 is 0 Å². The molecular weight excluding hydrogens is 560 g/mol. The Hall–Kier alpha value is -4.78. The number of nitrogens with zero attached hydrogens (tertiary/aromatic N) is 4. The largest absolute Gasteiger partial charge is 0.492 e. The molecule has 0 aliphatic carbocycles. The Labute approximate surface area is 267 Å². The van der Waals surface area contributed by atoms with Gasteiger partial charge in [0, 0.05) is 48.7 Å². The van der Waals surface area contributed by atoms with E-state index in [1.54, 1.807) is 12.1 Å². The van der Waals surface area contributed by atoms with Gasteiger partial charge in [0.15, 0.2) is 0 Å². The number of nitro benzene ring substituents is 1. The van der Waals surface area contributed by atoms with Gasteiger partial charge in [-0.05, 0) is 104 Å². The molecule has 4 rings (SSSR count). The summed E-state index contributed by atoms with van der Waals surface area (Å²) in [6.07, 6.45) is 16.4. The van der Waals surface area contributed by atoms with Crippen LogP contribution in [0.1, 0.15) is 80.1 Å². The summed E-state index contributed by atoms with van der Waals surface area (Å²) in [5.74, 6) is 0.931. The predicted molar refractivity (Wildman–Crippen MR) is 188 cm³/mol. The fourth-order valence-electron chi connectivity index (χ4n) is 5.11. The highest BCUT2D eigenvalue weighted by atomic mass is 16.6. The second-order valence-electron chi connectivity index (χ2n) is 11.2. The number of rotatable bonds is 15. The van der Waals surface area contributed by atoms with E-state index in [0.717, 1.165) is 63.6 Å². The first-order valence-corrected chi connectivity index (χ1v) is 15.9. The first kappa shape index (κ1) is 33.1. The monoisotopic (exact) mass is 604 g/mol. The van der Waals surface area contributed by atoms with Crippen molar-refractivity contribution >= 4 is 35.7 Å². The molecule has 234 valence electrons. The molecule has 7 nitrogen and oxygen atoms in total. The van der Waals surface area contributed by atoms with Crippen LogP contribution >= 0.6 is 0 Å². The van der Waals surface area contributed by atoms with E-state index in [9.17, 15) is 10.1 Å². The van der Waals surface area contributed by atoms with Crippen LogP contribution < -0.4 is 9.64 Å². The lowest BCUT2D eigenvalue weighted by molar-refractivity contribution is -0.384. The van der Waals surface area contributed by atoms with Gasteiger partial charge in [0.25, 0.3) is 5.69 Å². The Morgan fingerprint density at radius 2 is 1.29 bits per heavy atom. The van der Waals surface area contributed by atoms with Gasteiger partial charge in [-0.15, -0.1) is 0 Å². The van der Waals surface area contributed by atoms with Crippen molar-refractivity contribution in [3.8, 4) is 16.9 Å². The number of hydrogen-bond acceptors (Lipinski definition) is 6. The van der Waals surface area contributed by atoms with Crippen LogP contribution in [0.2, 0.25) is 0 Å². The van der Waals surface area contributed by atoms with Gasteiger partial charge in [-0.3, -0.25) is 20.1 Å². The summed E-state index contributed by atoms with van der Waals surface area (Å²) in [6, 6.07) is 17.2. The standard InChI is InChI=1S/C38H44N4O3/c1-6-9-21-41(22-10-7-2)37-20-15-31(25-38(37)45-8-3)14-19-36-29(5)24-33(27-40-36)32-23-28(4)35(39-26-32)18-13-30-11-16-34(17-12-30)42(43)44/h11-20,23-27H,6-10,21-22H2,1-5H3/b18-13+,19-14+. The van der Waals surface area contributed by atoms with Crippen molar-refractivity contribution in [2.24, 2.45) is 0 Å². The van der Waals surface area contributed by atoms with Crippen LogP contribution in [-0.4, -0.2) is 34.6 Å². The zero-order valence-electron chi connectivity index (χ0n) is 27.1. The van der Waals surface area contributed by atoms with Gasteiger partial charge in [-0.25, -0.2) is 0 Å². The van der Waals surface area contributed by atoms with Crippen molar-refractivity contribution < 1.29 is 9.66 Å². The number of pyridine rings is 2. The summed E-state index contributed by atoms with van der Waals surface area (Å²) in [4.78, 5) is 22.4. The highest BCUT2D eigenvalue weighted by molar-refractivity contribution is 5.75. The Morgan fingerprint density at radius 1 is 0.756 bits per heavy atom. The van der Waals surface area contributed by atoms with E-state index < -0.39 is 4.92 Å². The lowest BCUT2D eigenvalue weighted by atomic mass is 10.0. The van der Waals surface area contributed by atoms with Crippen LogP contribution in [0.3, 0.4) is 0 Å². The molecule has 0 saturated heterocycles. The predicted octanol–water partition coefficient (Wildman–Crippen LogP) is 9.81. The van der Waals surface area contributed by atoms with E-state index in [0.29, 0.717) is 6.61 Å². The van der Waals surface area contributed by atoms with Crippen molar-refractivity contribution in [2.75, 3.05) is 24.6 Å². The average Bonchev–Trinajstić information content (AvgIpc) is 3.04. The minimum atomic E-state index is -0.398. The van der Waals surface area contributed by atoms with Gasteiger partial charge in [0.2, 0.25) is 0 Å². The zero-order valence-corrected chi connectivity index (χ0v) is 27.1. The minimum absolute atomic E-state index is 0.0768. The number of anilines is 1. The molecule has 0 N–H and O–H groups in total. The maximum atomic E-state index is 10.9. The maximum absolute atomic E-state index is 10.9. The molecule has 0 fully saturated rings.